The minimum atomic E-state index is 0.0801. The quantitative estimate of drug-likeness (QED) is 0.831. The molecular formula is C16H32N2O. The maximum atomic E-state index is 11.9. The van der Waals surface area contributed by atoms with Gasteiger partial charge in [0.2, 0.25) is 5.91 Å². The molecule has 0 saturated carbocycles. The van der Waals surface area contributed by atoms with Crippen molar-refractivity contribution in [1.29, 1.82) is 0 Å². The van der Waals surface area contributed by atoms with Crippen molar-refractivity contribution in [3.63, 3.8) is 0 Å². The van der Waals surface area contributed by atoms with E-state index in [2.05, 4.69) is 37.9 Å². The van der Waals surface area contributed by atoms with Crippen LogP contribution in [-0.2, 0) is 4.79 Å². The first kappa shape index (κ1) is 16.5. The van der Waals surface area contributed by atoms with E-state index in [1.54, 1.807) is 0 Å². The van der Waals surface area contributed by atoms with Gasteiger partial charge in [-0.25, -0.2) is 0 Å². The monoisotopic (exact) mass is 268 g/mol. The Bertz CT molecular complexity index is 288. The molecule has 0 spiro atoms. The fraction of sp³-hybridized carbons (Fsp3) is 0.938. The summed E-state index contributed by atoms with van der Waals surface area (Å²) in [6, 6.07) is 0.935. The molecule has 1 N–H and O–H groups in total. The number of likely N-dealkylation sites (tertiary alicyclic amines) is 1. The van der Waals surface area contributed by atoms with Crippen LogP contribution in [-0.4, -0.2) is 36.0 Å². The molecule has 0 aromatic heterocycles. The first-order valence-electron chi connectivity index (χ1n) is 7.89. The Hall–Kier alpha value is -0.570. The van der Waals surface area contributed by atoms with Crippen LogP contribution in [0.3, 0.4) is 0 Å². The van der Waals surface area contributed by atoms with Gasteiger partial charge in [0.05, 0.1) is 0 Å². The van der Waals surface area contributed by atoms with Gasteiger partial charge in [-0.05, 0) is 31.6 Å². The summed E-state index contributed by atoms with van der Waals surface area (Å²) in [5.74, 6) is 1.65. The summed E-state index contributed by atoms with van der Waals surface area (Å²) >= 11 is 0. The number of piperidine rings is 1. The van der Waals surface area contributed by atoms with Crippen LogP contribution in [0.25, 0.3) is 0 Å². The number of amides is 1. The van der Waals surface area contributed by atoms with Crippen molar-refractivity contribution in [2.75, 3.05) is 13.1 Å². The molecule has 0 aromatic rings. The average Bonchev–Trinajstić information content (AvgIpc) is 2.37. The molecule has 1 amide bonds. The number of carbonyl (C=O) groups excluding carboxylic acids is 1. The molecule has 112 valence electrons. The van der Waals surface area contributed by atoms with E-state index >= 15 is 0 Å². The predicted octanol–water partition coefficient (Wildman–Crippen LogP) is 2.90. The van der Waals surface area contributed by atoms with Crippen molar-refractivity contribution in [3.8, 4) is 0 Å². The van der Waals surface area contributed by atoms with Crippen molar-refractivity contribution < 1.29 is 4.79 Å². The number of hydrogen-bond acceptors (Lipinski definition) is 2. The summed E-state index contributed by atoms with van der Waals surface area (Å²) in [5.41, 5.74) is 0. The second-order valence-electron chi connectivity index (χ2n) is 6.81. The molecule has 1 rings (SSSR count). The van der Waals surface area contributed by atoms with E-state index < -0.39 is 0 Å². The first-order chi connectivity index (χ1) is 8.85. The molecule has 0 radical (unpaired) electrons. The lowest BCUT2D eigenvalue weighted by Gasteiger charge is -2.42. The molecule has 1 fully saturated rings. The average molecular weight is 268 g/mol. The summed E-state index contributed by atoms with van der Waals surface area (Å²) in [5, 5.41) is 3.23. The Morgan fingerprint density at radius 2 is 1.84 bits per heavy atom. The SMILES string of the molecule is CCC(C)N1CC(NC(=O)C(C)C)CC(C(C)C)C1. The zero-order valence-corrected chi connectivity index (χ0v) is 13.6. The highest BCUT2D eigenvalue weighted by molar-refractivity contribution is 5.78. The van der Waals surface area contributed by atoms with Gasteiger partial charge < -0.3 is 5.32 Å². The van der Waals surface area contributed by atoms with Crippen LogP contribution in [0.2, 0.25) is 0 Å². The van der Waals surface area contributed by atoms with Gasteiger partial charge in [-0.1, -0.05) is 34.6 Å². The van der Waals surface area contributed by atoms with E-state index in [0.717, 1.165) is 13.0 Å². The Morgan fingerprint density at radius 3 is 2.32 bits per heavy atom. The lowest BCUT2D eigenvalue weighted by molar-refractivity contribution is -0.125. The maximum Gasteiger partial charge on any atom is 0.222 e. The predicted molar refractivity (Wildman–Crippen MR) is 81.0 cm³/mol. The third kappa shape index (κ3) is 4.79. The van der Waals surface area contributed by atoms with E-state index in [0.29, 0.717) is 23.9 Å². The zero-order valence-electron chi connectivity index (χ0n) is 13.6. The number of nitrogens with one attached hydrogen (secondary N) is 1. The van der Waals surface area contributed by atoms with Crippen molar-refractivity contribution in [2.45, 2.75) is 66.5 Å². The van der Waals surface area contributed by atoms with E-state index in [9.17, 15) is 4.79 Å². The third-order valence-corrected chi connectivity index (χ3v) is 4.54. The molecule has 1 aliphatic rings. The zero-order chi connectivity index (χ0) is 14.6. The van der Waals surface area contributed by atoms with Crippen LogP contribution in [0.1, 0.15) is 54.4 Å². The van der Waals surface area contributed by atoms with Crippen molar-refractivity contribution in [2.24, 2.45) is 17.8 Å². The Balaban J connectivity index is 2.67. The second-order valence-corrected chi connectivity index (χ2v) is 6.81. The van der Waals surface area contributed by atoms with E-state index in [4.69, 9.17) is 0 Å². The van der Waals surface area contributed by atoms with Gasteiger partial charge in [-0.2, -0.15) is 0 Å². The van der Waals surface area contributed by atoms with Gasteiger partial charge in [0.25, 0.3) is 0 Å². The second kappa shape index (κ2) is 7.28. The number of nitrogens with zero attached hydrogens (tertiary/aromatic N) is 1. The minimum Gasteiger partial charge on any atom is -0.352 e. The molecule has 1 aliphatic heterocycles. The van der Waals surface area contributed by atoms with Crippen LogP contribution in [0.15, 0.2) is 0 Å². The lowest BCUT2D eigenvalue weighted by Crippen LogP contribution is -2.54. The molecule has 1 saturated heterocycles. The van der Waals surface area contributed by atoms with Gasteiger partial charge in [-0.3, -0.25) is 9.69 Å². The Labute approximate surface area is 119 Å². The van der Waals surface area contributed by atoms with Gasteiger partial charge in [0.1, 0.15) is 0 Å². The van der Waals surface area contributed by atoms with E-state index in [1.165, 1.54) is 13.0 Å². The summed E-state index contributed by atoms with van der Waals surface area (Å²) in [6.45, 7) is 15.3. The summed E-state index contributed by atoms with van der Waals surface area (Å²) < 4.78 is 0. The largest absolute Gasteiger partial charge is 0.352 e. The minimum absolute atomic E-state index is 0.0801. The number of hydrogen-bond donors (Lipinski definition) is 1. The topological polar surface area (TPSA) is 32.3 Å². The van der Waals surface area contributed by atoms with Crippen LogP contribution in [0.4, 0.5) is 0 Å². The summed E-state index contributed by atoms with van der Waals surface area (Å²) in [7, 11) is 0. The summed E-state index contributed by atoms with van der Waals surface area (Å²) in [4.78, 5) is 14.5. The highest BCUT2D eigenvalue weighted by atomic mass is 16.1. The Kier molecular flexibility index (Phi) is 6.31. The molecule has 19 heavy (non-hydrogen) atoms. The van der Waals surface area contributed by atoms with Crippen LogP contribution >= 0.6 is 0 Å². The fourth-order valence-electron chi connectivity index (χ4n) is 2.75. The molecular weight excluding hydrogens is 236 g/mol. The van der Waals surface area contributed by atoms with Gasteiger partial charge in [0.15, 0.2) is 0 Å². The molecule has 1 heterocycles. The van der Waals surface area contributed by atoms with Crippen molar-refractivity contribution >= 4 is 5.91 Å². The number of carbonyl (C=O) groups is 1. The molecule has 0 aliphatic carbocycles. The van der Waals surface area contributed by atoms with Crippen LogP contribution in [0, 0.1) is 17.8 Å². The molecule has 3 nitrogen and oxygen atoms in total. The van der Waals surface area contributed by atoms with Crippen molar-refractivity contribution in [1.82, 2.24) is 10.2 Å². The highest BCUT2D eigenvalue weighted by Gasteiger charge is 2.31. The molecule has 3 unspecified atom stereocenters. The lowest BCUT2D eigenvalue weighted by atomic mass is 9.84. The van der Waals surface area contributed by atoms with Gasteiger partial charge >= 0.3 is 0 Å². The highest BCUT2D eigenvalue weighted by Crippen LogP contribution is 2.26. The van der Waals surface area contributed by atoms with Crippen LogP contribution in [0.5, 0.6) is 0 Å². The molecule has 3 heteroatoms. The standard InChI is InChI=1S/C16H32N2O/c1-7-13(6)18-9-14(11(2)3)8-15(10-18)17-16(19)12(4)5/h11-15H,7-10H2,1-6H3,(H,17,19). The molecule has 3 atom stereocenters. The fourth-order valence-corrected chi connectivity index (χ4v) is 2.75. The smallest absolute Gasteiger partial charge is 0.222 e. The third-order valence-electron chi connectivity index (χ3n) is 4.54. The Morgan fingerprint density at radius 1 is 1.21 bits per heavy atom. The molecule has 0 bridgehead atoms. The first-order valence-corrected chi connectivity index (χ1v) is 7.89. The number of rotatable bonds is 5. The summed E-state index contributed by atoms with van der Waals surface area (Å²) in [6.07, 6.45) is 2.30. The van der Waals surface area contributed by atoms with Crippen LogP contribution < -0.4 is 5.32 Å². The van der Waals surface area contributed by atoms with E-state index in [1.807, 2.05) is 13.8 Å². The maximum absolute atomic E-state index is 11.9. The normalized spacial score (nSPS) is 26.7. The molecule has 0 aromatic carbocycles. The van der Waals surface area contributed by atoms with Gasteiger partial charge in [0, 0.05) is 31.1 Å². The van der Waals surface area contributed by atoms with Gasteiger partial charge in [-0.15, -0.1) is 0 Å². The van der Waals surface area contributed by atoms with Crippen molar-refractivity contribution in [3.05, 3.63) is 0 Å². The van der Waals surface area contributed by atoms with E-state index in [-0.39, 0.29) is 11.8 Å².